The van der Waals surface area contributed by atoms with E-state index in [1.165, 1.54) is 0 Å². The molecular formula is C21H22N2O3. The summed E-state index contributed by atoms with van der Waals surface area (Å²) >= 11 is 0. The molecule has 134 valence electrons. The first-order valence-electron chi connectivity index (χ1n) is 9.08. The molecule has 26 heavy (non-hydrogen) atoms. The van der Waals surface area contributed by atoms with Crippen molar-refractivity contribution in [2.75, 3.05) is 19.7 Å². The molecule has 1 saturated heterocycles. The molecule has 1 fully saturated rings. The van der Waals surface area contributed by atoms with Crippen LogP contribution in [0.5, 0.6) is 0 Å². The fourth-order valence-electron chi connectivity index (χ4n) is 3.68. The van der Waals surface area contributed by atoms with Crippen LogP contribution >= 0.6 is 0 Å². The van der Waals surface area contributed by atoms with Gasteiger partial charge in [0.05, 0.1) is 23.7 Å². The van der Waals surface area contributed by atoms with Crippen molar-refractivity contribution in [3.8, 4) is 0 Å². The van der Waals surface area contributed by atoms with Gasteiger partial charge in [0, 0.05) is 23.9 Å². The molecular weight excluding hydrogens is 328 g/mol. The Hall–Kier alpha value is -2.66. The summed E-state index contributed by atoms with van der Waals surface area (Å²) in [5.74, 6) is 0.0608. The van der Waals surface area contributed by atoms with Crippen LogP contribution in [0.4, 0.5) is 0 Å². The van der Waals surface area contributed by atoms with Crippen LogP contribution < -0.4 is 5.43 Å². The van der Waals surface area contributed by atoms with Gasteiger partial charge in [-0.3, -0.25) is 9.59 Å². The van der Waals surface area contributed by atoms with Crippen LogP contribution in [0.2, 0.25) is 0 Å². The van der Waals surface area contributed by atoms with E-state index in [0.29, 0.717) is 30.5 Å². The van der Waals surface area contributed by atoms with Crippen molar-refractivity contribution in [3.05, 3.63) is 58.8 Å². The molecule has 1 aliphatic heterocycles. The van der Waals surface area contributed by atoms with Gasteiger partial charge < -0.3 is 14.2 Å². The maximum Gasteiger partial charge on any atom is 0.242 e. The van der Waals surface area contributed by atoms with Crippen LogP contribution in [0.15, 0.2) is 53.3 Å². The van der Waals surface area contributed by atoms with Crippen LogP contribution in [0, 0.1) is 0 Å². The summed E-state index contributed by atoms with van der Waals surface area (Å²) in [6.45, 7) is 4.12. The lowest BCUT2D eigenvalue weighted by Gasteiger charge is -2.33. The minimum absolute atomic E-state index is 0.0114. The van der Waals surface area contributed by atoms with E-state index >= 15 is 0 Å². The topological polar surface area (TPSA) is 51.5 Å². The zero-order chi connectivity index (χ0) is 18.1. The third-order valence-electron chi connectivity index (χ3n) is 5.12. The summed E-state index contributed by atoms with van der Waals surface area (Å²) in [5, 5.41) is 1.29. The highest BCUT2D eigenvalue weighted by atomic mass is 16.5. The Morgan fingerprint density at radius 1 is 1.08 bits per heavy atom. The molecule has 1 atom stereocenters. The van der Waals surface area contributed by atoms with Crippen molar-refractivity contribution in [2.24, 2.45) is 0 Å². The summed E-state index contributed by atoms with van der Waals surface area (Å²) in [6, 6.07) is 15.0. The Labute approximate surface area is 151 Å². The normalized spacial score (nSPS) is 17.7. The molecule has 1 amide bonds. The second-order valence-corrected chi connectivity index (χ2v) is 6.69. The Morgan fingerprint density at radius 3 is 2.31 bits per heavy atom. The fourth-order valence-corrected chi connectivity index (χ4v) is 3.68. The van der Waals surface area contributed by atoms with E-state index < -0.39 is 0 Å². The van der Waals surface area contributed by atoms with Crippen molar-refractivity contribution >= 4 is 27.7 Å². The third-order valence-corrected chi connectivity index (χ3v) is 5.12. The van der Waals surface area contributed by atoms with Gasteiger partial charge in [-0.1, -0.05) is 31.2 Å². The number of benzene rings is 2. The molecule has 0 N–H and O–H groups in total. The number of pyridine rings is 1. The Morgan fingerprint density at radius 2 is 1.69 bits per heavy atom. The molecule has 5 nitrogen and oxygen atoms in total. The van der Waals surface area contributed by atoms with Crippen molar-refractivity contribution < 1.29 is 9.53 Å². The van der Waals surface area contributed by atoms with Gasteiger partial charge >= 0.3 is 0 Å². The van der Waals surface area contributed by atoms with Gasteiger partial charge in [-0.25, -0.2) is 0 Å². The lowest BCUT2D eigenvalue weighted by atomic mass is 10.1. The summed E-state index contributed by atoms with van der Waals surface area (Å²) < 4.78 is 7.64. The quantitative estimate of drug-likeness (QED) is 0.683. The number of fused-ring (bicyclic) bond motifs is 2. The van der Waals surface area contributed by atoms with E-state index in [0.717, 1.165) is 17.5 Å². The highest BCUT2D eigenvalue weighted by Crippen LogP contribution is 2.20. The van der Waals surface area contributed by atoms with Crippen molar-refractivity contribution in [2.45, 2.75) is 26.0 Å². The first-order chi connectivity index (χ1) is 12.7. The van der Waals surface area contributed by atoms with Gasteiger partial charge in [-0.15, -0.1) is 0 Å². The van der Waals surface area contributed by atoms with Gasteiger partial charge in [0.15, 0.2) is 5.43 Å². The number of morpholine rings is 1. The van der Waals surface area contributed by atoms with Crippen molar-refractivity contribution in [1.29, 1.82) is 0 Å². The number of hydrogen-bond acceptors (Lipinski definition) is 3. The van der Waals surface area contributed by atoms with E-state index in [-0.39, 0.29) is 24.0 Å². The molecule has 1 aromatic heterocycles. The second-order valence-electron chi connectivity index (χ2n) is 6.69. The molecule has 2 aromatic carbocycles. The highest BCUT2D eigenvalue weighted by molar-refractivity contribution is 5.94. The van der Waals surface area contributed by atoms with E-state index in [9.17, 15) is 9.59 Å². The molecule has 0 radical (unpaired) electrons. The van der Waals surface area contributed by atoms with Crippen molar-refractivity contribution in [3.63, 3.8) is 0 Å². The monoisotopic (exact) mass is 350 g/mol. The molecule has 5 heteroatoms. The number of aromatic nitrogens is 1. The van der Waals surface area contributed by atoms with Gasteiger partial charge in [0.2, 0.25) is 5.91 Å². The summed E-state index contributed by atoms with van der Waals surface area (Å²) in [6.07, 6.45) is 1.00. The van der Waals surface area contributed by atoms with Gasteiger partial charge in [-0.05, 0) is 30.7 Å². The molecule has 4 rings (SSSR count). The predicted octanol–water partition coefficient (Wildman–Crippen LogP) is 2.79. The van der Waals surface area contributed by atoms with Crippen LogP contribution in [-0.4, -0.2) is 41.2 Å². The Bertz CT molecular complexity index is 965. The van der Waals surface area contributed by atoms with E-state index in [4.69, 9.17) is 4.74 Å². The van der Waals surface area contributed by atoms with Crippen LogP contribution in [-0.2, 0) is 16.1 Å². The molecule has 0 saturated carbocycles. The lowest BCUT2D eigenvalue weighted by Crippen LogP contribution is -2.46. The van der Waals surface area contributed by atoms with E-state index in [2.05, 4.69) is 6.92 Å². The van der Waals surface area contributed by atoms with Crippen LogP contribution in [0.1, 0.15) is 13.3 Å². The number of rotatable bonds is 3. The van der Waals surface area contributed by atoms with Gasteiger partial charge in [0.25, 0.3) is 0 Å². The van der Waals surface area contributed by atoms with E-state index in [1.54, 1.807) is 0 Å². The number of amides is 1. The van der Waals surface area contributed by atoms with Gasteiger partial charge in [0.1, 0.15) is 6.54 Å². The van der Waals surface area contributed by atoms with Crippen LogP contribution in [0.3, 0.4) is 0 Å². The first kappa shape index (κ1) is 16.8. The average molecular weight is 350 g/mol. The highest BCUT2D eigenvalue weighted by Gasteiger charge is 2.24. The fraction of sp³-hybridized carbons (Fsp3) is 0.333. The molecule has 3 aromatic rings. The minimum atomic E-state index is 0.0114. The first-order valence-corrected chi connectivity index (χ1v) is 9.08. The second kappa shape index (κ2) is 6.92. The maximum absolute atomic E-state index is 13.0. The largest absolute Gasteiger partial charge is 0.375 e. The number of nitrogens with zero attached hydrogens (tertiary/aromatic N) is 2. The Balaban J connectivity index is 1.79. The molecule has 0 unspecified atom stereocenters. The minimum Gasteiger partial charge on any atom is -0.375 e. The smallest absolute Gasteiger partial charge is 0.242 e. The number of ether oxygens (including phenoxy) is 1. The molecule has 1 aliphatic rings. The average Bonchev–Trinajstić information content (AvgIpc) is 2.71. The lowest BCUT2D eigenvalue weighted by molar-refractivity contribution is -0.139. The number of carbonyl (C=O) groups excluding carboxylic acids is 1. The van der Waals surface area contributed by atoms with E-state index in [1.807, 2.05) is 58.0 Å². The molecule has 0 bridgehead atoms. The van der Waals surface area contributed by atoms with Crippen molar-refractivity contribution in [1.82, 2.24) is 9.47 Å². The zero-order valence-electron chi connectivity index (χ0n) is 14.9. The molecule has 0 spiro atoms. The van der Waals surface area contributed by atoms with Crippen LogP contribution in [0.25, 0.3) is 21.8 Å². The van der Waals surface area contributed by atoms with Gasteiger partial charge in [-0.2, -0.15) is 0 Å². The standard InChI is InChI=1S/C21H22N2O3/c1-2-15-13-22(11-12-26-15)20(24)14-23-18-9-5-3-7-16(18)21(25)17-8-4-6-10-19(17)23/h3-10,15H,2,11-14H2,1H3/t15-/m1/s1. The maximum atomic E-state index is 13.0. The molecule has 2 heterocycles. The number of para-hydroxylation sites is 2. The Kier molecular flexibility index (Phi) is 4.47. The SMILES string of the molecule is CC[C@@H]1CN(C(=O)Cn2c3ccccc3c(=O)c3ccccc32)CCO1. The summed E-state index contributed by atoms with van der Waals surface area (Å²) in [5.41, 5.74) is 1.60. The summed E-state index contributed by atoms with van der Waals surface area (Å²) in [4.78, 5) is 27.6. The predicted molar refractivity (Wildman–Crippen MR) is 102 cm³/mol. The zero-order valence-corrected chi connectivity index (χ0v) is 14.9. The molecule has 0 aliphatic carbocycles. The third kappa shape index (κ3) is 2.88. The number of hydrogen-bond donors (Lipinski definition) is 0. The summed E-state index contributed by atoms with van der Waals surface area (Å²) in [7, 11) is 0. The number of carbonyl (C=O) groups is 1.